The van der Waals surface area contributed by atoms with Crippen LogP contribution in [0, 0.1) is 0 Å². The van der Waals surface area contributed by atoms with Gasteiger partial charge in [0, 0.05) is 12.1 Å². The first-order chi connectivity index (χ1) is 8.51. The molecule has 6 heteroatoms. The highest BCUT2D eigenvalue weighted by molar-refractivity contribution is 6.60. The second-order valence-corrected chi connectivity index (χ2v) is 4.75. The zero-order chi connectivity index (χ0) is 13.2. The highest BCUT2D eigenvalue weighted by atomic mass is 16.6. The predicted octanol–water partition coefficient (Wildman–Crippen LogP) is -0.404. The van der Waals surface area contributed by atoms with E-state index in [9.17, 15) is 15.2 Å². The minimum absolute atomic E-state index is 0.313. The standard InChI is InChI=1S/C12H18BNO4/c14-10-5-3-4-9(8-10)13(17)18-12(16)7-2-1-6-11(12)15/h3-5,8,11,15-17H,1-2,6-7,14H2. The van der Waals surface area contributed by atoms with Crippen LogP contribution in [0.4, 0.5) is 5.69 Å². The third-order valence-corrected chi connectivity index (χ3v) is 3.29. The smallest absolute Gasteiger partial charge is 0.423 e. The van der Waals surface area contributed by atoms with Crippen LogP contribution in [0.15, 0.2) is 24.3 Å². The number of hydrogen-bond donors (Lipinski definition) is 4. The van der Waals surface area contributed by atoms with Gasteiger partial charge in [-0.2, -0.15) is 0 Å². The molecule has 5 N–H and O–H groups in total. The van der Waals surface area contributed by atoms with E-state index in [0.717, 1.165) is 12.8 Å². The second-order valence-electron chi connectivity index (χ2n) is 4.75. The van der Waals surface area contributed by atoms with Crippen LogP contribution in [0.25, 0.3) is 0 Å². The maximum atomic E-state index is 10.2. The molecule has 0 heterocycles. The van der Waals surface area contributed by atoms with Crippen molar-refractivity contribution in [3.63, 3.8) is 0 Å². The third kappa shape index (κ3) is 2.84. The molecule has 2 rings (SSSR count). The van der Waals surface area contributed by atoms with Crippen molar-refractivity contribution in [1.29, 1.82) is 0 Å². The maximum Gasteiger partial charge on any atom is 0.493 e. The molecular formula is C12H18BNO4. The minimum Gasteiger partial charge on any atom is -0.423 e. The summed E-state index contributed by atoms with van der Waals surface area (Å²) in [4.78, 5) is 0. The van der Waals surface area contributed by atoms with Crippen molar-refractivity contribution >= 4 is 18.3 Å². The van der Waals surface area contributed by atoms with Crippen LogP contribution in [0.1, 0.15) is 25.7 Å². The number of rotatable bonds is 3. The molecule has 1 aliphatic carbocycles. The first-order valence-electron chi connectivity index (χ1n) is 6.13. The lowest BCUT2D eigenvalue weighted by Crippen LogP contribution is -2.53. The van der Waals surface area contributed by atoms with Gasteiger partial charge < -0.3 is 25.6 Å². The van der Waals surface area contributed by atoms with Crippen LogP contribution in [-0.2, 0) is 4.65 Å². The van der Waals surface area contributed by atoms with Crippen LogP contribution in [0.3, 0.4) is 0 Å². The van der Waals surface area contributed by atoms with Crippen molar-refractivity contribution in [3.8, 4) is 0 Å². The lowest BCUT2D eigenvalue weighted by molar-refractivity contribution is -0.228. The largest absolute Gasteiger partial charge is 0.493 e. The highest BCUT2D eigenvalue weighted by Crippen LogP contribution is 2.29. The Morgan fingerprint density at radius 3 is 2.83 bits per heavy atom. The molecule has 5 nitrogen and oxygen atoms in total. The summed E-state index contributed by atoms with van der Waals surface area (Å²) in [5.74, 6) is -1.68. The summed E-state index contributed by atoms with van der Waals surface area (Å²) in [6.07, 6.45) is 1.42. The van der Waals surface area contributed by atoms with Crippen molar-refractivity contribution in [1.82, 2.24) is 0 Å². The van der Waals surface area contributed by atoms with E-state index in [1.54, 1.807) is 24.3 Å². The molecule has 98 valence electrons. The van der Waals surface area contributed by atoms with Crippen molar-refractivity contribution in [2.24, 2.45) is 0 Å². The van der Waals surface area contributed by atoms with Gasteiger partial charge >= 0.3 is 7.12 Å². The van der Waals surface area contributed by atoms with Gasteiger partial charge in [0.15, 0.2) is 5.79 Å². The monoisotopic (exact) mass is 251 g/mol. The first-order valence-corrected chi connectivity index (χ1v) is 6.13. The molecule has 18 heavy (non-hydrogen) atoms. The fraction of sp³-hybridized carbons (Fsp3) is 0.500. The molecule has 0 aliphatic heterocycles. The summed E-state index contributed by atoms with van der Waals surface area (Å²) in [5.41, 5.74) is 6.58. The van der Waals surface area contributed by atoms with E-state index < -0.39 is 19.0 Å². The number of benzene rings is 1. The van der Waals surface area contributed by atoms with Crippen LogP contribution in [-0.4, -0.2) is 34.2 Å². The summed E-state index contributed by atoms with van der Waals surface area (Å²) < 4.78 is 5.24. The number of hydrogen-bond acceptors (Lipinski definition) is 5. The van der Waals surface area contributed by atoms with Crippen molar-refractivity contribution < 1.29 is 19.9 Å². The normalized spacial score (nSPS) is 28.1. The lowest BCUT2D eigenvalue weighted by Gasteiger charge is -2.37. The molecular weight excluding hydrogens is 233 g/mol. The molecule has 0 amide bonds. The SMILES string of the molecule is Nc1cccc(B(O)OC2(O)CCCCC2O)c1. The predicted molar refractivity (Wildman–Crippen MR) is 69.0 cm³/mol. The molecule has 0 radical (unpaired) electrons. The summed E-state index contributed by atoms with van der Waals surface area (Å²) in [5, 5.41) is 29.9. The van der Waals surface area contributed by atoms with Gasteiger partial charge in [-0.15, -0.1) is 0 Å². The van der Waals surface area contributed by atoms with Crippen molar-refractivity contribution in [3.05, 3.63) is 24.3 Å². The minimum atomic E-state index is -1.68. The topological polar surface area (TPSA) is 95.9 Å². The van der Waals surface area contributed by atoms with Crippen LogP contribution < -0.4 is 11.2 Å². The second kappa shape index (κ2) is 5.28. The maximum absolute atomic E-state index is 10.2. The molecule has 1 aromatic carbocycles. The highest BCUT2D eigenvalue weighted by Gasteiger charge is 2.42. The molecule has 0 saturated heterocycles. The Hall–Kier alpha value is -1.08. The molecule has 0 aromatic heterocycles. The van der Waals surface area contributed by atoms with E-state index in [2.05, 4.69) is 0 Å². The zero-order valence-electron chi connectivity index (χ0n) is 10.1. The Labute approximate surface area is 106 Å². The number of nitrogens with two attached hydrogens (primary N) is 1. The van der Waals surface area contributed by atoms with Crippen LogP contribution in [0.5, 0.6) is 0 Å². The van der Waals surface area contributed by atoms with Gasteiger partial charge in [-0.3, -0.25) is 0 Å². The van der Waals surface area contributed by atoms with Crippen LogP contribution in [0.2, 0.25) is 0 Å². The van der Waals surface area contributed by atoms with E-state index in [1.807, 2.05) is 0 Å². The zero-order valence-corrected chi connectivity index (χ0v) is 10.1. The van der Waals surface area contributed by atoms with Crippen molar-refractivity contribution in [2.45, 2.75) is 37.6 Å². The fourth-order valence-electron chi connectivity index (χ4n) is 2.22. The Morgan fingerprint density at radius 2 is 2.17 bits per heavy atom. The van der Waals surface area contributed by atoms with Gasteiger partial charge in [-0.1, -0.05) is 18.6 Å². The van der Waals surface area contributed by atoms with E-state index in [0.29, 0.717) is 24.0 Å². The lowest BCUT2D eigenvalue weighted by atomic mass is 9.77. The molecule has 0 bridgehead atoms. The third-order valence-electron chi connectivity index (χ3n) is 3.29. The van der Waals surface area contributed by atoms with E-state index >= 15 is 0 Å². The van der Waals surface area contributed by atoms with E-state index in [-0.39, 0.29) is 0 Å². The number of nitrogen functional groups attached to an aromatic ring is 1. The Kier molecular flexibility index (Phi) is 3.92. The first kappa shape index (κ1) is 13.4. The molecule has 2 unspecified atom stereocenters. The Morgan fingerprint density at radius 1 is 1.39 bits per heavy atom. The molecule has 1 saturated carbocycles. The average molecular weight is 251 g/mol. The van der Waals surface area contributed by atoms with Gasteiger partial charge in [-0.05, 0) is 30.4 Å². The molecule has 1 fully saturated rings. The van der Waals surface area contributed by atoms with Gasteiger partial charge in [0.1, 0.15) is 6.10 Å². The molecule has 2 atom stereocenters. The number of anilines is 1. The Bertz CT molecular complexity index is 417. The molecule has 1 aromatic rings. The fourth-order valence-corrected chi connectivity index (χ4v) is 2.22. The van der Waals surface area contributed by atoms with E-state index in [4.69, 9.17) is 10.4 Å². The van der Waals surface area contributed by atoms with Crippen LogP contribution >= 0.6 is 0 Å². The summed E-state index contributed by atoms with van der Waals surface area (Å²) in [6.45, 7) is 0. The molecule has 1 aliphatic rings. The number of aliphatic hydroxyl groups is 2. The van der Waals surface area contributed by atoms with Gasteiger partial charge in [0.05, 0.1) is 0 Å². The summed E-state index contributed by atoms with van der Waals surface area (Å²) in [7, 11) is -1.30. The van der Waals surface area contributed by atoms with Crippen molar-refractivity contribution in [2.75, 3.05) is 5.73 Å². The number of aliphatic hydroxyl groups excluding tert-OH is 1. The van der Waals surface area contributed by atoms with E-state index in [1.165, 1.54) is 0 Å². The Balaban J connectivity index is 2.08. The molecule has 0 spiro atoms. The van der Waals surface area contributed by atoms with Gasteiger partial charge in [0.2, 0.25) is 0 Å². The summed E-state index contributed by atoms with van der Waals surface area (Å²) >= 11 is 0. The quantitative estimate of drug-likeness (QED) is 0.333. The average Bonchev–Trinajstić information content (AvgIpc) is 2.33. The van der Waals surface area contributed by atoms with Gasteiger partial charge in [0.25, 0.3) is 0 Å². The summed E-state index contributed by atoms with van der Waals surface area (Å²) in [6, 6.07) is 6.61. The van der Waals surface area contributed by atoms with Gasteiger partial charge in [-0.25, -0.2) is 0 Å².